The normalized spacial score (nSPS) is 21.9. The lowest BCUT2D eigenvalue weighted by molar-refractivity contribution is 0.293. The Bertz CT molecular complexity index is 672. The van der Waals surface area contributed by atoms with Gasteiger partial charge in [0.05, 0.1) is 17.1 Å². The van der Waals surface area contributed by atoms with E-state index in [9.17, 15) is 5.26 Å². The predicted octanol–water partition coefficient (Wildman–Crippen LogP) is 4.34. The fourth-order valence-corrected chi connectivity index (χ4v) is 3.35. The molecule has 1 saturated carbocycles. The van der Waals surface area contributed by atoms with Gasteiger partial charge in [0, 0.05) is 11.9 Å². The van der Waals surface area contributed by atoms with Gasteiger partial charge >= 0.3 is 0 Å². The first-order valence-electron chi connectivity index (χ1n) is 7.80. The zero-order valence-corrected chi connectivity index (χ0v) is 12.5. The first-order chi connectivity index (χ1) is 10.3. The molecule has 1 N–H and O–H groups in total. The summed E-state index contributed by atoms with van der Waals surface area (Å²) in [4.78, 5) is 4.63. The topological polar surface area (TPSA) is 48.7 Å². The van der Waals surface area contributed by atoms with E-state index in [0.717, 1.165) is 35.1 Å². The quantitative estimate of drug-likeness (QED) is 0.909. The average Bonchev–Trinajstić information content (AvgIpc) is 2.52. The van der Waals surface area contributed by atoms with Gasteiger partial charge in [-0.25, -0.2) is 4.98 Å². The number of hydrogen-bond donors (Lipinski definition) is 1. The zero-order chi connectivity index (χ0) is 14.7. The molecule has 0 bridgehead atoms. The van der Waals surface area contributed by atoms with Crippen LogP contribution in [0.3, 0.4) is 0 Å². The van der Waals surface area contributed by atoms with Crippen LogP contribution < -0.4 is 5.32 Å². The highest BCUT2D eigenvalue weighted by Crippen LogP contribution is 2.29. The maximum atomic E-state index is 9.31. The second kappa shape index (κ2) is 6.13. The minimum atomic E-state index is 0.695. The van der Waals surface area contributed by atoms with Crippen molar-refractivity contribution in [2.75, 3.05) is 11.9 Å². The highest BCUT2D eigenvalue weighted by atomic mass is 15.0. The number of pyridine rings is 1. The first kappa shape index (κ1) is 13.9. The van der Waals surface area contributed by atoms with Gasteiger partial charge in [0.1, 0.15) is 5.82 Å². The smallest absolute Gasteiger partial charge is 0.127 e. The fraction of sp³-hybridized carbons (Fsp3) is 0.444. The standard InChI is InChI=1S/C18H21N3/c1-13-5-4-6-14(9-13)12-20-18-10-15(11-19)16-7-2-3-8-17(16)21-18/h2-3,7-8,10,13-14H,4-6,9,12H2,1H3,(H,20,21). The van der Waals surface area contributed by atoms with Crippen LogP contribution in [-0.4, -0.2) is 11.5 Å². The Balaban J connectivity index is 1.76. The summed E-state index contributed by atoms with van der Waals surface area (Å²) in [7, 11) is 0. The van der Waals surface area contributed by atoms with E-state index in [4.69, 9.17) is 0 Å². The Morgan fingerprint density at radius 2 is 2.19 bits per heavy atom. The van der Waals surface area contributed by atoms with Crippen LogP contribution in [0.5, 0.6) is 0 Å². The molecule has 108 valence electrons. The molecule has 3 heteroatoms. The Labute approximate surface area is 126 Å². The molecule has 3 nitrogen and oxygen atoms in total. The van der Waals surface area contributed by atoms with Gasteiger partial charge in [-0.15, -0.1) is 0 Å². The second-order valence-electron chi connectivity index (χ2n) is 6.20. The molecule has 21 heavy (non-hydrogen) atoms. The summed E-state index contributed by atoms with van der Waals surface area (Å²) in [6, 6.07) is 12.0. The van der Waals surface area contributed by atoms with Gasteiger partial charge in [0.15, 0.2) is 0 Å². The summed E-state index contributed by atoms with van der Waals surface area (Å²) >= 11 is 0. The van der Waals surface area contributed by atoms with Crippen LogP contribution in [0, 0.1) is 23.2 Å². The van der Waals surface area contributed by atoms with E-state index in [1.54, 1.807) is 0 Å². The number of para-hydroxylation sites is 1. The second-order valence-corrected chi connectivity index (χ2v) is 6.20. The number of nitrogens with zero attached hydrogens (tertiary/aromatic N) is 2. The number of anilines is 1. The molecule has 0 radical (unpaired) electrons. The van der Waals surface area contributed by atoms with Crippen LogP contribution in [0.4, 0.5) is 5.82 Å². The maximum Gasteiger partial charge on any atom is 0.127 e. The lowest BCUT2D eigenvalue weighted by atomic mass is 9.82. The van der Waals surface area contributed by atoms with Crippen LogP contribution >= 0.6 is 0 Å². The highest BCUT2D eigenvalue weighted by Gasteiger charge is 2.18. The third kappa shape index (κ3) is 3.16. The highest BCUT2D eigenvalue weighted by molar-refractivity contribution is 5.86. The van der Waals surface area contributed by atoms with Crippen molar-refractivity contribution < 1.29 is 0 Å². The molecule has 1 fully saturated rings. The molecule has 2 atom stereocenters. The molecule has 1 aromatic heterocycles. The third-order valence-electron chi connectivity index (χ3n) is 4.45. The monoisotopic (exact) mass is 279 g/mol. The molecule has 0 spiro atoms. The minimum absolute atomic E-state index is 0.695. The lowest BCUT2D eigenvalue weighted by Gasteiger charge is -2.27. The van der Waals surface area contributed by atoms with Gasteiger partial charge in [-0.05, 0) is 36.8 Å². The van der Waals surface area contributed by atoms with E-state index in [0.29, 0.717) is 5.56 Å². The van der Waals surface area contributed by atoms with E-state index < -0.39 is 0 Å². The molecular formula is C18H21N3. The summed E-state index contributed by atoms with van der Waals surface area (Å²) in [5.41, 5.74) is 1.58. The molecule has 1 aliphatic rings. The van der Waals surface area contributed by atoms with Crippen molar-refractivity contribution in [2.24, 2.45) is 11.8 Å². The van der Waals surface area contributed by atoms with Crippen molar-refractivity contribution in [2.45, 2.75) is 32.6 Å². The molecule has 1 aromatic carbocycles. The van der Waals surface area contributed by atoms with Crippen molar-refractivity contribution in [3.8, 4) is 6.07 Å². The minimum Gasteiger partial charge on any atom is -0.370 e. The number of hydrogen-bond acceptors (Lipinski definition) is 3. The summed E-state index contributed by atoms with van der Waals surface area (Å²) in [6.45, 7) is 3.30. The number of nitrogens with one attached hydrogen (secondary N) is 1. The van der Waals surface area contributed by atoms with E-state index in [-0.39, 0.29) is 0 Å². The van der Waals surface area contributed by atoms with Gasteiger partial charge in [0.25, 0.3) is 0 Å². The van der Waals surface area contributed by atoms with Crippen molar-refractivity contribution >= 4 is 16.7 Å². The van der Waals surface area contributed by atoms with Gasteiger partial charge in [-0.1, -0.05) is 38.0 Å². The van der Waals surface area contributed by atoms with Crippen LogP contribution in [0.25, 0.3) is 10.9 Å². The third-order valence-corrected chi connectivity index (χ3v) is 4.45. The molecule has 2 aromatic rings. The lowest BCUT2D eigenvalue weighted by Crippen LogP contribution is -2.21. The van der Waals surface area contributed by atoms with E-state index >= 15 is 0 Å². The van der Waals surface area contributed by atoms with Crippen molar-refractivity contribution in [3.05, 3.63) is 35.9 Å². The Hall–Kier alpha value is -2.08. The molecule has 0 saturated heterocycles. The molecule has 1 heterocycles. The first-order valence-corrected chi connectivity index (χ1v) is 7.80. The molecular weight excluding hydrogens is 258 g/mol. The summed E-state index contributed by atoms with van der Waals surface area (Å²) in [5.74, 6) is 2.39. The van der Waals surface area contributed by atoms with Gasteiger partial charge in [-0.2, -0.15) is 5.26 Å². The SMILES string of the molecule is CC1CCCC(CNc2cc(C#N)c3ccccc3n2)C1. The molecule has 2 unspecified atom stereocenters. The van der Waals surface area contributed by atoms with Crippen LogP contribution in [0.15, 0.2) is 30.3 Å². The predicted molar refractivity (Wildman–Crippen MR) is 86.1 cm³/mol. The van der Waals surface area contributed by atoms with Gasteiger partial charge < -0.3 is 5.32 Å². The van der Waals surface area contributed by atoms with Crippen molar-refractivity contribution in [1.29, 1.82) is 5.26 Å². The molecule has 3 rings (SSSR count). The van der Waals surface area contributed by atoms with Crippen LogP contribution in [-0.2, 0) is 0 Å². The van der Waals surface area contributed by atoms with E-state index in [1.165, 1.54) is 25.7 Å². The van der Waals surface area contributed by atoms with Crippen molar-refractivity contribution in [3.63, 3.8) is 0 Å². The van der Waals surface area contributed by atoms with Crippen LogP contribution in [0.2, 0.25) is 0 Å². The van der Waals surface area contributed by atoms with Crippen LogP contribution in [0.1, 0.15) is 38.2 Å². The number of nitriles is 1. The number of fused-ring (bicyclic) bond motifs is 1. The van der Waals surface area contributed by atoms with Gasteiger partial charge in [-0.3, -0.25) is 0 Å². The molecule has 1 aliphatic carbocycles. The number of rotatable bonds is 3. The average molecular weight is 279 g/mol. The summed E-state index contributed by atoms with van der Waals surface area (Å²) in [5, 5.41) is 13.7. The summed E-state index contributed by atoms with van der Waals surface area (Å²) < 4.78 is 0. The van der Waals surface area contributed by atoms with Crippen molar-refractivity contribution in [1.82, 2.24) is 4.98 Å². The van der Waals surface area contributed by atoms with Gasteiger partial charge in [0.2, 0.25) is 0 Å². The largest absolute Gasteiger partial charge is 0.370 e. The zero-order valence-electron chi connectivity index (χ0n) is 12.5. The number of aromatic nitrogens is 1. The van der Waals surface area contributed by atoms with E-state index in [2.05, 4.69) is 23.3 Å². The Morgan fingerprint density at radius 3 is 3.00 bits per heavy atom. The maximum absolute atomic E-state index is 9.31. The fourth-order valence-electron chi connectivity index (χ4n) is 3.35. The Kier molecular flexibility index (Phi) is 4.06. The Morgan fingerprint density at radius 1 is 1.33 bits per heavy atom. The summed E-state index contributed by atoms with van der Waals surface area (Å²) in [6.07, 6.45) is 5.30. The molecule has 0 amide bonds. The number of benzene rings is 1. The van der Waals surface area contributed by atoms with E-state index in [1.807, 2.05) is 30.3 Å². The molecule has 0 aliphatic heterocycles.